The van der Waals surface area contributed by atoms with E-state index in [-0.39, 0.29) is 5.91 Å². The van der Waals surface area contributed by atoms with E-state index in [1.165, 1.54) is 11.2 Å². The molecular weight excluding hydrogens is 412 g/mol. The van der Waals surface area contributed by atoms with E-state index in [4.69, 9.17) is 4.74 Å². The molecule has 0 spiro atoms. The molecule has 1 amide bonds. The summed E-state index contributed by atoms with van der Waals surface area (Å²) in [6.07, 6.45) is 3.61. The molecule has 2 N–H and O–H groups in total. The van der Waals surface area contributed by atoms with Crippen LogP contribution in [0.2, 0.25) is 0 Å². The number of hydrogen-bond acceptors (Lipinski definition) is 7. The molecule has 0 saturated carbocycles. The van der Waals surface area contributed by atoms with Gasteiger partial charge in [-0.2, -0.15) is 5.10 Å². The number of anilines is 1. The zero-order valence-electron chi connectivity index (χ0n) is 17.2. The van der Waals surface area contributed by atoms with Crippen LogP contribution in [0.25, 0.3) is 11.0 Å². The van der Waals surface area contributed by atoms with E-state index >= 15 is 0 Å². The number of carbonyl (C=O) groups excluding carboxylic acids is 1. The van der Waals surface area contributed by atoms with E-state index in [1.807, 2.05) is 37.3 Å². The molecule has 0 aliphatic carbocycles. The molecule has 4 rings (SSSR count). The first-order chi connectivity index (χ1) is 15.2. The highest BCUT2D eigenvalue weighted by Crippen LogP contribution is 2.20. The Labute approximate surface area is 184 Å². The van der Waals surface area contributed by atoms with Crippen LogP contribution in [-0.2, 0) is 24.3 Å². The van der Waals surface area contributed by atoms with Crippen LogP contribution in [-0.4, -0.2) is 38.8 Å². The Morgan fingerprint density at radius 2 is 2.06 bits per heavy atom. The highest BCUT2D eigenvalue weighted by Gasteiger charge is 2.10. The maximum absolute atomic E-state index is 12.3. The summed E-state index contributed by atoms with van der Waals surface area (Å²) in [5.41, 5.74) is 1.68. The molecule has 31 heavy (non-hydrogen) atoms. The average molecular weight is 437 g/mol. The van der Waals surface area contributed by atoms with Crippen molar-refractivity contribution < 1.29 is 9.53 Å². The fraction of sp³-hybridized carbons (Fsp3) is 0.273. The van der Waals surface area contributed by atoms with E-state index in [1.54, 1.807) is 22.2 Å². The number of hydrogen-bond donors (Lipinski definition) is 2. The molecule has 3 heterocycles. The lowest BCUT2D eigenvalue weighted by atomic mass is 10.1. The quantitative estimate of drug-likeness (QED) is 0.396. The molecule has 0 aliphatic rings. The molecule has 0 unspecified atom stereocenters. The van der Waals surface area contributed by atoms with Gasteiger partial charge in [-0.15, -0.1) is 11.3 Å². The average Bonchev–Trinajstić information content (AvgIpc) is 3.44. The van der Waals surface area contributed by atoms with Gasteiger partial charge in [-0.25, -0.2) is 14.6 Å². The van der Waals surface area contributed by atoms with Crippen molar-refractivity contribution in [2.24, 2.45) is 0 Å². The smallest absolute Gasteiger partial charge is 0.224 e. The second-order valence-corrected chi connectivity index (χ2v) is 7.90. The molecule has 1 aromatic carbocycles. The van der Waals surface area contributed by atoms with Crippen LogP contribution in [0.4, 0.5) is 5.82 Å². The van der Waals surface area contributed by atoms with Crippen molar-refractivity contribution in [2.45, 2.75) is 26.4 Å². The molecule has 0 saturated heterocycles. The Balaban J connectivity index is 1.30. The van der Waals surface area contributed by atoms with Gasteiger partial charge in [-0.3, -0.25) is 4.79 Å². The van der Waals surface area contributed by atoms with E-state index < -0.39 is 0 Å². The summed E-state index contributed by atoms with van der Waals surface area (Å²) in [7, 11) is 0. The predicted octanol–water partition coefficient (Wildman–Crippen LogP) is 3.26. The number of nitrogens with one attached hydrogen (secondary N) is 2. The first-order valence-corrected chi connectivity index (χ1v) is 11.0. The van der Waals surface area contributed by atoms with Gasteiger partial charge in [-0.1, -0.05) is 18.2 Å². The monoisotopic (exact) mass is 436 g/mol. The first-order valence-electron chi connectivity index (χ1n) is 10.1. The summed E-state index contributed by atoms with van der Waals surface area (Å²) in [6.45, 7) is 4.27. The molecule has 160 valence electrons. The van der Waals surface area contributed by atoms with Crippen LogP contribution in [0, 0.1) is 0 Å². The van der Waals surface area contributed by atoms with Crippen molar-refractivity contribution in [3.05, 3.63) is 64.7 Å². The number of nitrogens with zero attached hydrogens (tertiary/aromatic N) is 4. The number of fused-ring (bicyclic) bond motifs is 1. The summed E-state index contributed by atoms with van der Waals surface area (Å²) in [5.74, 6) is 1.53. The van der Waals surface area contributed by atoms with Crippen LogP contribution in [0.3, 0.4) is 0 Å². The number of thiophene rings is 1. The Hall–Kier alpha value is -3.46. The van der Waals surface area contributed by atoms with Crippen LogP contribution in [0.1, 0.15) is 17.4 Å². The number of rotatable bonds is 10. The summed E-state index contributed by atoms with van der Waals surface area (Å²) < 4.78 is 7.21. The molecule has 0 radical (unpaired) electrons. The fourth-order valence-electron chi connectivity index (χ4n) is 3.20. The second kappa shape index (κ2) is 10.0. The van der Waals surface area contributed by atoms with Gasteiger partial charge in [0.1, 0.15) is 17.9 Å². The topological polar surface area (TPSA) is 94.0 Å². The number of ether oxygens (including phenoxy) is 1. The van der Waals surface area contributed by atoms with Gasteiger partial charge in [0.25, 0.3) is 0 Å². The highest BCUT2D eigenvalue weighted by molar-refractivity contribution is 7.09. The fourth-order valence-corrected chi connectivity index (χ4v) is 3.85. The lowest BCUT2D eigenvalue weighted by molar-refractivity contribution is -0.120. The SMILES string of the molecule is CCOc1ccc(CC(=O)NCCn2ncc3c(NCc4cccs4)ncnc32)cc1. The van der Waals surface area contributed by atoms with Crippen molar-refractivity contribution in [1.82, 2.24) is 25.1 Å². The lowest BCUT2D eigenvalue weighted by Gasteiger charge is -2.08. The molecule has 3 aromatic heterocycles. The van der Waals surface area contributed by atoms with Crippen LogP contribution in [0.5, 0.6) is 5.75 Å². The Morgan fingerprint density at radius 1 is 1.19 bits per heavy atom. The van der Waals surface area contributed by atoms with Crippen molar-refractivity contribution in [1.29, 1.82) is 0 Å². The van der Waals surface area contributed by atoms with Crippen LogP contribution < -0.4 is 15.4 Å². The molecule has 0 bridgehead atoms. The zero-order valence-corrected chi connectivity index (χ0v) is 18.1. The van der Waals surface area contributed by atoms with Crippen LogP contribution in [0.15, 0.2) is 54.3 Å². The van der Waals surface area contributed by atoms with Gasteiger partial charge in [-0.05, 0) is 36.1 Å². The minimum atomic E-state index is -0.0337. The Kier molecular flexibility index (Phi) is 6.73. The predicted molar refractivity (Wildman–Crippen MR) is 121 cm³/mol. The van der Waals surface area contributed by atoms with Crippen LogP contribution >= 0.6 is 11.3 Å². The number of amides is 1. The second-order valence-electron chi connectivity index (χ2n) is 6.86. The minimum absolute atomic E-state index is 0.0337. The standard InChI is InChI=1S/C22H24N6O2S/c1-2-30-17-7-5-16(6-8-17)12-20(29)23-9-10-28-22-19(14-27-28)21(25-15-26-22)24-13-18-4-3-11-31-18/h3-8,11,14-15H,2,9-10,12-13H2,1H3,(H,23,29)(H,24,25,26). The molecule has 0 atom stereocenters. The number of carbonyl (C=O) groups is 1. The Morgan fingerprint density at radius 3 is 2.84 bits per heavy atom. The highest BCUT2D eigenvalue weighted by atomic mass is 32.1. The molecule has 0 fully saturated rings. The molecule has 0 aliphatic heterocycles. The molecule has 9 heteroatoms. The summed E-state index contributed by atoms with van der Waals surface area (Å²) >= 11 is 1.70. The first kappa shape index (κ1) is 20.8. The third-order valence-corrected chi connectivity index (χ3v) is 5.56. The molecule has 8 nitrogen and oxygen atoms in total. The van der Waals surface area contributed by atoms with Crippen molar-refractivity contribution in [3.8, 4) is 5.75 Å². The minimum Gasteiger partial charge on any atom is -0.494 e. The maximum Gasteiger partial charge on any atom is 0.224 e. The molecular formula is C22H24N6O2S. The lowest BCUT2D eigenvalue weighted by Crippen LogP contribution is -2.28. The third kappa shape index (κ3) is 5.37. The van der Waals surface area contributed by atoms with Gasteiger partial charge in [0.2, 0.25) is 5.91 Å². The summed E-state index contributed by atoms with van der Waals surface area (Å²) in [4.78, 5) is 22.2. The van der Waals surface area contributed by atoms with Crippen molar-refractivity contribution >= 4 is 34.1 Å². The summed E-state index contributed by atoms with van der Waals surface area (Å²) in [5, 5.41) is 13.6. The largest absolute Gasteiger partial charge is 0.494 e. The van der Waals surface area contributed by atoms with Gasteiger partial charge in [0.05, 0.1) is 37.7 Å². The van der Waals surface area contributed by atoms with Gasteiger partial charge >= 0.3 is 0 Å². The Bertz CT molecular complexity index is 1120. The molecule has 4 aromatic rings. The number of benzene rings is 1. The number of aromatic nitrogens is 4. The van der Waals surface area contributed by atoms with Gasteiger partial charge in [0.15, 0.2) is 5.65 Å². The van der Waals surface area contributed by atoms with Gasteiger partial charge in [0, 0.05) is 11.4 Å². The van der Waals surface area contributed by atoms with E-state index in [0.29, 0.717) is 32.7 Å². The zero-order chi connectivity index (χ0) is 21.5. The van der Waals surface area contributed by atoms with E-state index in [0.717, 1.165) is 28.2 Å². The van der Waals surface area contributed by atoms with E-state index in [9.17, 15) is 4.79 Å². The normalized spacial score (nSPS) is 10.9. The van der Waals surface area contributed by atoms with E-state index in [2.05, 4.69) is 37.1 Å². The summed E-state index contributed by atoms with van der Waals surface area (Å²) in [6, 6.07) is 11.7. The van der Waals surface area contributed by atoms with Crippen molar-refractivity contribution in [3.63, 3.8) is 0 Å². The van der Waals surface area contributed by atoms with Gasteiger partial charge < -0.3 is 15.4 Å². The maximum atomic E-state index is 12.3. The van der Waals surface area contributed by atoms with Crippen molar-refractivity contribution in [2.75, 3.05) is 18.5 Å². The third-order valence-electron chi connectivity index (χ3n) is 4.69.